The zero-order valence-corrected chi connectivity index (χ0v) is 10.5. The predicted octanol–water partition coefficient (Wildman–Crippen LogP) is 3.43. The van der Waals surface area contributed by atoms with Crippen molar-refractivity contribution in [1.29, 1.82) is 0 Å². The van der Waals surface area contributed by atoms with Crippen LogP contribution in [0.1, 0.15) is 49.4 Å². The second-order valence-electron chi connectivity index (χ2n) is 5.12. The minimum absolute atomic E-state index is 0.339. The van der Waals surface area contributed by atoms with Crippen LogP contribution in [0.4, 0.5) is 0 Å². The summed E-state index contributed by atoms with van der Waals surface area (Å²) in [5.41, 5.74) is 0. The Morgan fingerprint density at radius 2 is 2.18 bits per heavy atom. The maximum absolute atomic E-state index is 10.5. The fraction of sp³-hybridized carbons (Fsp3) is 0.643. The number of hydrogen-bond acceptors (Lipinski definition) is 3. The molecule has 1 fully saturated rings. The minimum Gasteiger partial charge on any atom is -0.456 e. The normalized spacial score (nSPS) is 29.2. The first-order valence-electron chi connectivity index (χ1n) is 6.34. The van der Waals surface area contributed by atoms with Crippen molar-refractivity contribution >= 4 is 6.29 Å². The summed E-state index contributed by atoms with van der Waals surface area (Å²) in [7, 11) is 0. The molecular weight excluding hydrogens is 216 g/mol. The summed E-state index contributed by atoms with van der Waals surface area (Å²) in [6.07, 6.45) is 4.55. The Morgan fingerprint density at radius 3 is 2.82 bits per heavy atom. The molecule has 0 bridgehead atoms. The smallest absolute Gasteiger partial charge is 0.185 e. The van der Waals surface area contributed by atoms with Gasteiger partial charge in [0.25, 0.3) is 0 Å². The molecule has 2 rings (SSSR count). The lowest BCUT2D eigenvalue weighted by Crippen LogP contribution is -2.26. The van der Waals surface area contributed by atoms with Crippen LogP contribution in [-0.4, -0.2) is 12.4 Å². The molecule has 1 aliphatic carbocycles. The molecule has 1 saturated carbocycles. The van der Waals surface area contributed by atoms with E-state index in [4.69, 9.17) is 9.15 Å². The van der Waals surface area contributed by atoms with Gasteiger partial charge in [-0.15, -0.1) is 0 Å². The highest BCUT2D eigenvalue weighted by molar-refractivity contribution is 5.70. The summed E-state index contributed by atoms with van der Waals surface area (Å²) in [4.78, 5) is 10.5. The lowest BCUT2D eigenvalue weighted by molar-refractivity contribution is -0.0141. The van der Waals surface area contributed by atoms with E-state index in [1.807, 2.05) is 0 Å². The molecule has 0 aliphatic heterocycles. The third-order valence-electron chi connectivity index (χ3n) is 3.81. The van der Waals surface area contributed by atoms with Crippen LogP contribution < -0.4 is 0 Å². The fourth-order valence-corrected chi connectivity index (χ4v) is 2.38. The van der Waals surface area contributed by atoms with Gasteiger partial charge in [-0.1, -0.05) is 13.8 Å². The fourth-order valence-electron chi connectivity index (χ4n) is 2.38. The second-order valence-corrected chi connectivity index (χ2v) is 5.12. The van der Waals surface area contributed by atoms with Gasteiger partial charge in [0.15, 0.2) is 12.0 Å². The number of ether oxygens (including phenoxy) is 1. The van der Waals surface area contributed by atoms with Crippen molar-refractivity contribution in [3.05, 3.63) is 23.7 Å². The molecule has 0 amide bonds. The van der Waals surface area contributed by atoms with E-state index >= 15 is 0 Å². The summed E-state index contributed by atoms with van der Waals surface area (Å²) in [5.74, 6) is 2.64. The van der Waals surface area contributed by atoms with Gasteiger partial charge in [0.1, 0.15) is 12.4 Å². The van der Waals surface area contributed by atoms with Gasteiger partial charge in [0.05, 0.1) is 6.10 Å². The summed E-state index contributed by atoms with van der Waals surface area (Å²) in [6.45, 7) is 5.07. The van der Waals surface area contributed by atoms with E-state index in [0.717, 1.165) is 30.4 Å². The van der Waals surface area contributed by atoms with Crippen LogP contribution in [0, 0.1) is 11.8 Å². The molecule has 0 spiro atoms. The number of aldehydes is 1. The third kappa shape index (κ3) is 3.19. The van der Waals surface area contributed by atoms with Crippen LogP contribution >= 0.6 is 0 Å². The molecular formula is C14H20O3. The van der Waals surface area contributed by atoms with Crippen molar-refractivity contribution in [1.82, 2.24) is 0 Å². The first-order chi connectivity index (χ1) is 8.19. The van der Waals surface area contributed by atoms with Gasteiger partial charge in [-0.3, -0.25) is 4.79 Å². The highest BCUT2D eigenvalue weighted by Crippen LogP contribution is 2.31. The molecule has 1 heterocycles. The molecule has 0 N–H and O–H groups in total. The van der Waals surface area contributed by atoms with Gasteiger partial charge in [-0.2, -0.15) is 0 Å². The molecule has 94 valence electrons. The number of furan rings is 1. The van der Waals surface area contributed by atoms with Crippen molar-refractivity contribution in [3.63, 3.8) is 0 Å². The molecule has 0 saturated heterocycles. The third-order valence-corrected chi connectivity index (χ3v) is 3.81. The molecule has 1 aromatic rings. The lowest BCUT2D eigenvalue weighted by atomic mass is 9.80. The molecule has 17 heavy (non-hydrogen) atoms. The second kappa shape index (κ2) is 5.50. The summed E-state index contributed by atoms with van der Waals surface area (Å²) in [6, 6.07) is 3.48. The quantitative estimate of drug-likeness (QED) is 0.752. The topological polar surface area (TPSA) is 39.4 Å². The number of carbonyl (C=O) groups excluding carboxylic acids is 1. The minimum atomic E-state index is 0.339. The zero-order chi connectivity index (χ0) is 12.3. The summed E-state index contributed by atoms with van der Waals surface area (Å²) >= 11 is 0. The highest BCUT2D eigenvalue weighted by Gasteiger charge is 2.25. The van der Waals surface area contributed by atoms with Crippen LogP contribution in [0.25, 0.3) is 0 Å². The molecule has 3 unspecified atom stereocenters. The molecule has 3 nitrogen and oxygen atoms in total. The Labute approximate surface area is 102 Å². The van der Waals surface area contributed by atoms with Gasteiger partial charge in [-0.05, 0) is 43.2 Å². The maximum Gasteiger partial charge on any atom is 0.185 e. The van der Waals surface area contributed by atoms with E-state index in [0.29, 0.717) is 24.8 Å². The van der Waals surface area contributed by atoms with Crippen LogP contribution in [0.5, 0.6) is 0 Å². The average Bonchev–Trinajstić information content (AvgIpc) is 2.79. The van der Waals surface area contributed by atoms with Crippen LogP contribution in [0.15, 0.2) is 16.5 Å². The molecule has 3 heteroatoms. The first-order valence-corrected chi connectivity index (χ1v) is 6.34. The van der Waals surface area contributed by atoms with Gasteiger partial charge >= 0.3 is 0 Å². The number of carbonyl (C=O) groups is 1. The van der Waals surface area contributed by atoms with E-state index in [2.05, 4.69) is 13.8 Å². The van der Waals surface area contributed by atoms with Gasteiger partial charge < -0.3 is 9.15 Å². The molecule has 1 aromatic heterocycles. The Kier molecular flexibility index (Phi) is 4.00. The maximum atomic E-state index is 10.5. The lowest BCUT2D eigenvalue weighted by Gasteiger charge is -2.31. The van der Waals surface area contributed by atoms with Crippen molar-refractivity contribution in [2.45, 2.75) is 45.8 Å². The monoisotopic (exact) mass is 236 g/mol. The Hall–Kier alpha value is -1.09. The van der Waals surface area contributed by atoms with E-state index in [1.165, 1.54) is 6.42 Å². The summed E-state index contributed by atoms with van der Waals surface area (Å²) < 4.78 is 11.1. The standard InChI is InChI=1S/C14H20O3/c1-10-3-4-12(7-11(10)2)16-9-14-6-5-13(8-15)17-14/h5-6,8,10-12H,3-4,7,9H2,1-2H3. The zero-order valence-electron chi connectivity index (χ0n) is 10.5. The Morgan fingerprint density at radius 1 is 1.35 bits per heavy atom. The van der Waals surface area contributed by atoms with E-state index in [9.17, 15) is 4.79 Å². The average molecular weight is 236 g/mol. The van der Waals surface area contributed by atoms with Gasteiger partial charge in [0.2, 0.25) is 0 Å². The Bertz CT molecular complexity index is 369. The van der Waals surface area contributed by atoms with Crippen LogP contribution in [0.3, 0.4) is 0 Å². The van der Waals surface area contributed by atoms with E-state index in [-0.39, 0.29) is 0 Å². The predicted molar refractivity (Wildman–Crippen MR) is 64.9 cm³/mol. The summed E-state index contributed by atoms with van der Waals surface area (Å²) in [5, 5.41) is 0. The highest BCUT2D eigenvalue weighted by atomic mass is 16.5. The van der Waals surface area contributed by atoms with Crippen molar-refractivity contribution in [2.24, 2.45) is 11.8 Å². The van der Waals surface area contributed by atoms with Crippen LogP contribution in [-0.2, 0) is 11.3 Å². The van der Waals surface area contributed by atoms with Crippen molar-refractivity contribution in [3.8, 4) is 0 Å². The molecule has 0 radical (unpaired) electrons. The van der Waals surface area contributed by atoms with Crippen molar-refractivity contribution < 1.29 is 13.9 Å². The molecule has 1 aliphatic rings. The van der Waals surface area contributed by atoms with Gasteiger partial charge in [0, 0.05) is 0 Å². The van der Waals surface area contributed by atoms with Gasteiger partial charge in [-0.25, -0.2) is 0 Å². The Balaban J connectivity index is 1.80. The van der Waals surface area contributed by atoms with Crippen molar-refractivity contribution in [2.75, 3.05) is 0 Å². The number of hydrogen-bond donors (Lipinski definition) is 0. The van der Waals surface area contributed by atoms with Crippen LogP contribution in [0.2, 0.25) is 0 Å². The SMILES string of the molecule is CC1CCC(OCc2ccc(C=O)o2)CC1C. The molecule has 3 atom stereocenters. The van der Waals surface area contributed by atoms with E-state index < -0.39 is 0 Å². The first kappa shape index (κ1) is 12.4. The molecule has 0 aromatic carbocycles. The van der Waals surface area contributed by atoms with E-state index in [1.54, 1.807) is 12.1 Å². The largest absolute Gasteiger partial charge is 0.456 e. The number of rotatable bonds is 4.